The van der Waals surface area contributed by atoms with Crippen LogP contribution in [0.1, 0.15) is 29.0 Å². The second-order valence-corrected chi connectivity index (χ2v) is 9.09. The number of hydrogen-bond acceptors (Lipinski definition) is 4. The van der Waals surface area contributed by atoms with Gasteiger partial charge < -0.3 is 19.5 Å². The van der Waals surface area contributed by atoms with E-state index >= 15 is 0 Å². The summed E-state index contributed by atoms with van der Waals surface area (Å²) < 4.78 is 17.9. The van der Waals surface area contributed by atoms with Crippen LogP contribution in [0, 0.1) is 0 Å². The van der Waals surface area contributed by atoms with E-state index in [1.807, 2.05) is 30.3 Å². The number of nitrogens with one attached hydrogen (secondary N) is 1. The van der Waals surface area contributed by atoms with Crippen LogP contribution in [0.3, 0.4) is 0 Å². The van der Waals surface area contributed by atoms with Crippen molar-refractivity contribution >= 4 is 10.8 Å². The highest BCUT2D eigenvalue weighted by Gasteiger charge is 2.27. The molecule has 0 spiro atoms. The van der Waals surface area contributed by atoms with Gasteiger partial charge in [0, 0.05) is 12.5 Å². The van der Waals surface area contributed by atoms with E-state index in [-0.39, 0.29) is 6.10 Å². The Balaban J connectivity index is 1.12. The number of para-hydroxylation sites is 1. The predicted molar refractivity (Wildman–Crippen MR) is 141 cm³/mol. The van der Waals surface area contributed by atoms with Gasteiger partial charge >= 0.3 is 0 Å². The van der Waals surface area contributed by atoms with E-state index in [9.17, 15) is 0 Å². The fourth-order valence-electron chi connectivity index (χ4n) is 4.70. The lowest BCUT2D eigenvalue weighted by atomic mass is 9.87. The van der Waals surface area contributed by atoms with Gasteiger partial charge in [0.15, 0.2) is 0 Å². The average Bonchev–Trinajstić information content (AvgIpc) is 2.93. The van der Waals surface area contributed by atoms with Crippen molar-refractivity contribution < 1.29 is 14.2 Å². The van der Waals surface area contributed by atoms with Gasteiger partial charge in [-0.3, -0.25) is 0 Å². The van der Waals surface area contributed by atoms with Gasteiger partial charge in [0.2, 0.25) is 0 Å². The fourth-order valence-corrected chi connectivity index (χ4v) is 4.70. The standard InChI is InChI=1S/C31H33NO3/c1-2-8-29(9-3-1)34-19-18-33-22-24-10-14-27(15-11-24)30-16-17-32-21-31(30)35-23-25-12-13-26-6-4-5-7-28(26)20-25/h1-15,20,30-32H,16-19,21-23H2/t30-,31+/m1/s1. The van der Waals surface area contributed by atoms with Gasteiger partial charge in [-0.25, -0.2) is 0 Å². The van der Waals surface area contributed by atoms with Crippen molar-refractivity contribution in [3.8, 4) is 5.75 Å². The minimum atomic E-state index is 0.160. The molecule has 4 aromatic carbocycles. The zero-order chi connectivity index (χ0) is 23.7. The molecule has 1 heterocycles. The number of piperidine rings is 1. The molecule has 1 aliphatic rings. The lowest BCUT2D eigenvalue weighted by molar-refractivity contribution is 0.0106. The van der Waals surface area contributed by atoms with Gasteiger partial charge in [0.05, 0.1) is 25.9 Å². The largest absolute Gasteiger partial charge is 0.491 e. The number of rotatable bonds is 10. The average molecular weight is 468 g/mol. The summed E-state index contributed by atoms with van der Waals surface area (Å²) in [7, 11) is 0. The molecule has 2 atom stereocenters. The molecule has 4 aromatic rings. The molecule has 4 nitrogen and oxygen atoms in total. The van der Waals surface area contributed by atoms with Gasteiger partial charge in [0.25, 0.3) is 0 Å². The third-order valence-electron chi connectivity index (χ3n) is 6.62. The first-order valence-corrected chi connectivity index (χ1v) is 12.5. The topological polar surface area (TPSA) is 39.7 Å². The molecule has 0 aromatic heterocycles. The molecule has 1 N–H and O–H groups in total. The number of hydrogen-bond donors (Lipinski definition) is 1. The first-order valence-electron chi connectivity index (χ1n) is 12.5. The fraction of sp³-hybridized carbons (Fsp3) is 0.290. The third-order valence-corrected chi connectivity index (χ3v) is 6.62. The van der Waals surface area contributed by atoms with Crippen molar-refractivity contribution in [3.05, 3.63) is 114 Å². The summed E-state index contributed by atoms with van der Waals surface area (Å²) in [5.74, 6) is 1.27. The molecule has 1 saturated heterocycles. The van der Waals surface area contributed by atoms with Crippen LogP contribution in [0.2, 0.25) is 0 Å². The predicted octanol–water partition coefficient (Wildman–Crippen LogP) is 6.10. The molecular formula is C31H33NO3. The second-order valence-electron chi connectivity index (χ2n) is 9.09. The smallest absolute Gasteiger partial charge is 0.119 e. The van der Waals surface area contributed by atoms with Gasteiger partial charge in [-0.1, -0.05) is 78.9 Å². The van der Waals surface area contributed by atoms with Crippen molar-refractivity contribution in [2.24, 2.45) is 0 Å². The van der Waals surface area contributed by atoms with Crippen molar-refractivity contribution in [3.63, 3.8) is 0 Å². The van der Waals surface area contributed by atoms with Crippen LogP contribution < -0.4 is 10.1 Å². The van der Waals surface area contributed by atoms with E-state index < -0.39 is 0 Å². The van der Waals surface area contributed by atoms with E-state index in [0.29, 0.717) is 32.3 Å². The van der Waals surface area contributed by atoms with Crippen molar-refractivity contribution in [1.29, 1.82) is 0 Å². The molecule has 1 fully saturated rings. The Labute approximate surface area is 207 Å². The van der Waals surface area contributed by atoms with E-state index in [0.717, 1.165) is 25.3 Å². The third kappa shape index (κ3) is 6.49. The summed E-state index contributed by atoms with van der Waals surface area (Å²) in [6, 6.07) is 33.7. The highest BCUT2D eigenvalue weighted by atomic mass is 16.5. The molecular weight excluding hydrogens is 434 g/mol. The Hall–Kier alpha value is -3.18. The molecule has 0 bridgehead atoms. The molecule has 180 valence electrons. The number of fused-ring (bicyclic) bond motifs is 1. The van der Waals surface area contributed by atoms with E-state index in [4.69, 9.17) is 14.2 Å². The molecule has 35 heavy (non-hydrogen) atoms. The van der Waals surface area contributed by atoms with Gasteiger partial charge in [-0.2, -0.15) is 0 Å². The van der Waals surface area contributed by atoms with Gasteiger partial charge in [0.1, 0.15) is 12.4 Å². The monoisotopic (exact) mass is 467 g/mol. The normalized spacial score (nSPS) is 17.9. The summed E-state index contributed by atoms with van der Waals surface area (Å²) in [5, 5.41) is 6.03. The van der Waals surface area contributed by atoms with Crippen molar-refractivity contribution in [2.45, 2.75) is 31.7 Å². The SMILES string of the molecule is c1ccc(OCCOCc2ccc([C@H]3CCNC[C@@H]3OCc3ccc4ccccc4c3)cc2)cc1. The minimum Gasteiger partial charge on any atom is -0.491 e. The van der Waals surface area contributed by atoms with E-state index in [1.165, 1.54) is 27.5 Å². The zero-order valence-corrected chi connectivity index (χ0v) is 20.1. The summed E-state index contributed by atoms with van der Waals surface area (Å²) in [6.07, 6.45) is 1.24. The second kappa shape index (κ2) is 12.0. The highest BCUT2D eigenvalue weighted by Crippen LogP contribution is 2.29. The summed E-state index contributed by atoms with van der Waals surface area (Å²) in [5.41, 5.74) is 3.74. The summed E-state index contributed by atoms with van der Waals surface area (Å²) in [4.78, 5) is 0. The Bertz CT molecular complexity index is 1190. The van der Waals surface area contributed by atoms with Crippen LogP contribution in [0.25, 0.3) is 10.8 Å². The Morgan fingerprint density at radius 2 is 1.49 bits per heavy atom. The van der Waals surface area contributed by atoms with Crippen LogP contribution >= 0.6 is 0 Å². The summed E-state index contributed by atoms with van der Waals surface area (Å²) >= 11 is 0. The molecule has 5 rings (SSSR count). The Morgan fingerprint density at radius 1 is 0.714 bits per heavy atom. The highest BCUT2D eigenvalue weighted by molar-refractivity contribution is 5.82. The first kappa shape index (κ1) is 23.6. The lowest BCUT2D eigenvalue weighted by Crippen LogP contribution is -2.40. The number of benzene rings is 4. The first-order chi connectivity index (χ1) is 17.3. The molecule has 0 saturated carbocycles. The maximum absolute atomic E-state index is 6.44. The quantitative estimate of drug-likeness (QED) is 0.286. The molecule has 1 aliphatic heterocycles. The van der Waals surface area contributed by atoms with E-state index in [2.05, 4.69) is 72.0 Å². The Morgan fingerprint density at radius 3 is 2.34 bits per heavy atom. The maximum atomic E-state index is 6.44. The van der Waals surface area contributed by atoms with Crippen LogP contribution in [0.5, 0.6) is 5.75 Å². The zero-order valence-electron chi connectivity index (χ0n) is 20.1. The van der Waals surface area contributed by atoms with Gasteiger partial charge in [-0.05, 0) is 58.6 Å². The van der Waals surface area contributed by atoms with E-state index in [1.54, 1.807) is 0 Å². The van der Waals surface area contributed by atoms with Crippen molar-refractivity contribution in [2.75, 3.05) is 26.3 Å². The molecule has 0 amide bonds. The Kier molecular flexibility index (Phi) is 8.07. The summed E-state index contributed by atoms with van der Waals surface area (Å²) in [6.45, 7) is 4.23. The van der Waals surface area contributed by atoms with Crippen LogP contribution in [0.4, 0.5) is 0 Å². The molecule has 0 unspecified atom stereocenters. The molecule has 0 aliphatic carbocycles. The molecule has 4 heteroatoms. The van der Waals surface area contributed by atoms with Crippen LogP contribution in [0.15, 0.2) is 97.1 Å². The van der Waals surface area contributed by atoms with Crippen LogP contribution in [-0.4, -0.2) is 32.4 Å². The molecule has 0 radical (unpaired) electrons. The minimum absolute atomic E-state index is 0.160. The maximum Gasteiger partial charge on any atom is 0.119 e. The van der Waals surface area contributed by atoms with Gasteiger partial charge in [-0.15, -0.1) is 0 Å². The lowest BCUT2D eigenvalue weighted by Gasteiger charge is -2.32. The van der Waals surface area contributed by atoms with Crippen LogP contribution in [-0.2, 0) is 22.7 Å². The number of ether oxygens (including phenoxy) is 3. The van der Waals surface area contributed by atoms with Crippen molar-refractivity contribution in [1.82, 2.24) is 5.32 Å².